The molecule has 2 aromatic rings. The minimum atomic E-state index is -0.293. The zero-order valence-electron chi connectivity index (χ0n) is 20.5. The first-order valence-electron chi connectivity index (χ1n) is 12.5. The van der Waals surface area contributed by atoms with Gasteiger partial charge in [0.15, 0.2) is 6.79 Å². The van der Waals surface area contributed by atoms with Gasteiger partial charge in [-0.15, -0.1) is 0 Å². The Labute approximate surface area is 202 Å². The molecule has 3 saturated heterocycles. The highest BCUT2D eigenvalue weighted by Crippen LogP contribution is 2.45. The molecule has 2 aromatic carbocycles. The Morgan fingerprint density at radius 1 is 1.15 bits per heavy atom. The van der Waals surface area contributed by atoms with E-state index in [1.807, 2.05) is 18.2 Å². The number of carbonyl (C=O) groups is 1. The lowest BCUT2D eigenvalue weighted by Crippen LogP contribution is -2.53. The molecule has 182 valence electrons. The van der Waals surface area contributed by atoms with Crippen molar-refractivity contribution in [3.8, 4) is 16.9 Å². The topological polar surface area (TPSA) is 60.0 Å². The summed E-state index contributed by atoms with van der Waals surface area (Å²) in [4.78, 5) is 15.5. The summed E-state index contributed by atoms with van der Waals surface area (Å²) in [5, 5.41) is 3.27. The summed E-state index contributed by atoms with van der Waals surface area (Å²) in [6.45, 7) is 7.80. The number of benzene rings is 2. The average molecular weight is 465 g/mol. The fourth-order valence-electron chi connectivity index (χ4n) is 5.84. The van der Waals surface area contributed by atoms with E-state index in [-0.39, 0.29) is 30.4 Å². The van der Waals surface area contributed by atoms with Gasteiger partial charge < -0.3 is 19.5 Å². The summed E-state index contributed by atoms with van der Waals surface area (Å²) in [6, 6.07) is 14.4. The molecule has 1 unspecified atom stereocenters. The Balaban J connectivity index is 1.39. The number of fused-ring (bicyclic) bond motifs is 4. The lowest BCUT2D eigenvalue weighted by Gasteiger charge is -2.44. The molecule has 0 radical (unpaired) electrons. The number of ether oxygens (including phenoxy) is 3. The van der Waals surface area contributed by atoms with Crippen molar-refractivity contribution in [3.05, 3.63) is 53.6 Å². The molecule has 1 aliphatic carbocycles. The lowest BCUT2D eigenvalue weighted by atomic mass is 9.70. The molecule has 0 aromatic heterocycles. The third-order valence-electron chi connectivity index (χ3n) is 7.92. The van der Waals surface area contributed by atoms with Crippen LogP contribution >= 0.6 is 0 Å². The predicted octanol–water partition coefficient (Wildman–Crippen LogP) is 5.17. The normalized spacial score (nSPS) is 27.0. The van der Waals surface area contributed by atoms with Crippen LogP contribution < -0.4 is 10.1 Å². The molecule has 3 heterocycles. The van der Waals surface area contributed by atoms with Gasteiger partial charge in [0.05, 0.1) is 6.04 Å². The third kappa shape index (κ3) is 4.66. The second-order valence-electron chi connectivity index (χ2n) is 10.6. The van der Waals surface area contributed by atoms with Crippen molar-refractivity contribution in [1.29, 1.82) is 0 Å². The van der Waals surface area contributed by atoms with Gasteiger partial charge in [0.1, 0.15) is 11.9 Å². The molecule has 6 rings (SSSR count). The summed E-state index contributed by atoms with van der Waals surface area (Å²) < 4.78 is 16.9. The molecular weight excluding hydrogens is 428 g/mol. The third-order valence-corrected chi connectivity index (χ3v) is 7.92. The largest absolute Gasteiger partial charge is 0.467 e. The van der Waals surface area contributed by atoms with E-state index in [0.29, 0.717) is 5.92 Å². The number of piperidine rings is 3. The number of amides is 1. The second kappa shape index (κ2) is 9.59. The number of alkyl carbamates (subject to hydrolysis) is 1. The summed E-state index contributed by atoms with van der Waals surface area (Å²) >= 11 is 0. The quantitative estimate of drug-likeness (QED) is 0.598. The molecule has 0 saturated carbocycles. The fourth-order valence-corrected chi connectivity index (χ4v) is 5.84. The van der Waals surface area contributed by atoms with Crippen LogP contribution in [0, 0.1) is 11.3 Å². The zero-order chi connectivity index (χ0) is 23.7. The molecule has 6 heteroatoms. The molecule has 3 fully saturated rings. The molecule has 34 heavy (non-hydrogen) atoms. The number of hydrogen-bond acceptors (Lipinski definition) is 5. The van der Waals surface area contributed by atoms with E-state index in [2.05, 4.69) is 48.3 Å². The highest BCUT2D eigenvalue weighted by Gasteiger charge is 2.40. The molecule has 6 nitrogen and oxygen atoms in total. The Morgan fingerprint density at radius 2 is 1.94 bits per heavy atom. The molecular formula is C28H36N2O4. The molecule has 1 amide bonds. The Morgan fingerprint density at radius 3 is 2.68 bits per heavy atom. The van der Waals surface area contributed by atoms with Crippen molar-refractivity contribution in [1.82, 2.24) is 10.2 Å². The highest BCUT2D eigenvalue weighted by molar-refractivity contribution is 5.73. The van der Waals surface area contributed by atoms with Crippen molar-refractivity contribution >= 4 is 6.09 Å². The molecule has 0 spiro atoms. The Hall–Kier alpha value is -2.57. The first-order valence-corrected chi connectivity index (χ1v) is 12.5. The van der Waals surface area contributed by atoms with Crippen molar-refractivity contribution < 1.29 is 19.0 Å². The molecule has 1 N–H and O–H groups in total. The van der Waals surface area contributed by atoms with E-state index < -0.39 is 0 Å². The van der Waals surface area contributed by atoms with Crippen LogP contribution in [0.1, 0.15) is 50.3 Å². The van der Waals surface area contributed by atoms with Gasteiger partial charge in [0.25, 0.3) is 0 Å². The van der Waals surface area contributed by atoms with E-state index >= 15 is 0 Å². The Kier molecular flexibility index (Phi) is 6.54. The van der Waals surface area contributed by atoms with E-state index in [1.54, 1.807) is 7.11 Å². The van der Waals surface area contributed by atoms with E-state index in [1.165, 1.54) is 11.1 Å². The number of rotatable bonds is 6. The Bertz CT molecular complexity index is 1030. The maximum atomic E-state index is 13.1. The minimum absolute atomic E-state index is 0.00446. The van der Waals surface area contributed by atoms with Gasteiger partial charge in [-0.25, -0.2) is 4.79 Å². The summed E-state index contributed by atoms with van der Waals surface area (Å²) in [7, 11) is 1.62. The number of methoxy groups -OCH3 is 1. The van der Waals surface area contributed by atoms with Gasteiger partial charge in [-0.3, -0.25) is 4.90 Å². The number of carbonyl (C=O) groups excluding carboxylic acids is 1. The summed E-state index contributed by atoms with van der Waals surface area (Å²) in [5.74, 6) is 1.28. The van der Waals surface area contributed by atoms with E-state index in [9.17, 15) is 4.79 Å². The van der Waals surface area contributed by atoms with Gasteiger partial charge in [-0.2, -0.15) is 0 Å². The van der Waals surface area contributed by atoms with Crippen LogP contribution in [0.4, 0.5) is 4.79 Å². The van der Waals surface area contributed by atoms with Crippen molar-refractivity contribution in [2.24, 2.45) is 11.3 Å². The number of para-hydroxylation sites is 1. The smallest absolute Gasteiger partial charge is 0.407 e. The molecule has 2 bridgehead atoms. The minimum Gasteiger partial charge on any atom is -0.467 e. The van der Waals surface area contributed by atoms with Gasteiger partial charge in [-0.1, -0.05) is 44.2 Å². The maximum Gasteiger partial charge on any atom is 0.407 e. The first-order chi connectivity index (χ1) is 16.4. The van der Waals surface area contributed by atoms with Crippen LogP contribution in [0.25, 0.3) is 11.1 Å². The van der Waals surface area contributed by atoms with Gasteiger partial charge >= 0.3 is 6.09 Å². The summed E-state index contributed by atoms with van der Waals surface area (Å²) in [6.07, 6.45) is 3.98. The lowest BCUT2D eigenvalue weighted by molar-refractivity contribution is -0.0353. The second-order valence-corrected chi connectivity index (χ2v) is 10.6. The molecule has 3 aliphatic heterocycles. The van der Waals surface area contributed by atoms with Crippen LogP contribution in [0.3, 0.4) is 0 Å². The van der Waals surface area contributed by atoms with Gasteiger partial charge in [0, 0.05) is 19.2 Å². The zero-order valence-corrected chi connectivity index (χ0v) is 20.5. The molecule has 4 aliphatic rings. The van der Waals surface area contributed by atoms with E-state index in [4.69, 9.17) is 14.2 Å². The van der Waals surface area contributed by atoms with Gasteiger partial charge in [-0.05, 0) is 78.9 Å². The number of nitrogens with one attached hydrogen (secondary N) is 1. The van der Waals surface area contributed by atoms with E-state index in [0.717, 1.165) is 62.2 Å². The average Bonchev–Trinajstić information content (AvgIpc) is 2.85. The van der Waals surface area contributed by atoms with Crippen LogP contribution in [0.2, 0.25) is 0 Å². The first kappa shape index (κ1) is 23.2. The highest BCUT2D eigenvalue weighted by atomic mass is 16.7. The number of nitrogens with zero attached hydrogens (tertiary/aromatic N) is 1. The number of hydrogen-bond donors (Lipinski definition) is 1. The van der Waals surface area contributed by atoms with Crippen LogP contribution in [0.15, 0.2) is 42.5 Å². The van der Waals surface area contributed by atoms with Crippen LogP contribution in [-0.2, 0) is 15.9 Å². The van der Waals surface area contributed by atoms with Crippen molar-refractivity contribution in [3.63, 3.8) is 0 Å². The van der Waals surface area contributed by atoms with Crippen molar-refractivity contribution in [2.45, 2.75) is 51.7 Å². The number of aryl methyl sites for hydroxylation is 1. The molecule has 2 atom stereocenters. The van der Waals surface area contributed by atoms with Gasteiger partial charge in [0.2, 0.25) is 0 Å². The maximum absolute atomic E-state index is 13.1. The standard InChI is InChI=1S/C28H36N2O4/c1-28(2)13-10-19-8-9-21(22-6-4-5-7-24(22)33-18-32-3)16-23(19)26(28)29-27(31)34-25-17-30-14-11-20(25)12-15-30/h4-9,16,20,25-26H,10-15,17-18H2,1-3H3,(H,29,31)/t25-,26?/m0/s1. The summed E-state index contributed by atoms with van der Waals surface area (Å²) in [5.41, 5.74) is 4.46. The monoisotopic (exact) mass is 464 g/mol. The fraction of sp³-hybridized carbons (Fsp3) is 0.536. The SMILES string of the molecule is COCOc1ccccc1-c1ccc2c(c1)C(NC(=O)O[C@H]1CN3CCC1CC3)C(C)(C)CC2. The van der Waals surface area contributed by atoms with Crippen LogP contribution in [0.5, 0.6) is 5.75 Å². The predicted molar refractivity (Wildman–Crippen MR) is 132 cm³/mol. The van der Waals surface area contributed by atoms with Crippen molar-refractivity contribution in [2.75, 3.05) is 33.5 Å². The van der Waals surface area contributed by atoms with Crippen LogP contribution in [-0.4, -0.2) is 50.6 Å².